The molecular formula is C38H28F2N2. The molecule has 0 amide bonds. The Labute approximate surface area is 243 Å². The van der Waals surface area contributed by atoms with Crippen molar-refractivity contribution in [1.82, 2.24) is 9.97 Å². The smallest absolute Gasteiger partial charge is 0.124 e. The van der Waals surface area contributed by atoms with E-state index in [2.05, 4.69) is 61.3 Å². The molecule has 7 rings (SSSR count). The van der Waals surface area contributed by atoms with Gasteiger partial charge in [0.05, 0.1) is 16.9 Å². The van der Waals surface area contributed by atoms with Crippen molar-refractivity contribution in [3.05, 3.63) is 150 Å². The van der Waals surface area contributed by atoms with Gasteiger partial charge in [-0.15, -0.1) is 0 Å². The molecule has 42 heavy (non-hydrogen) atoms. The molecule has 0 radical (unpaired) electrons. The fourth-order valence-electron chi connectivity index (χ4n) is 5.88. The number of pyridine rings is 1. The lowest BCUT2D eigenvalue weighted by atomic mass is 9.80. The van der Waals surface area contributed by atoms with Gasteiger partial charge in [0.2, 0.25) is 0 Å². The molecule has 0 aliphatic carbocycles. The first-order valence-corrected chi connectivity index (χ1v) is 14.0. The third kappa shape index (κ3) is 4.55. The van der Waals surface area contributed by atoms with Crippen molar-refractivity contribution in [2.45, 2.75) is 19.3 Å². The van der Waals surface area contributed by atoms with Crippen LogP contribution in [-0.2, 0) is 5.41 Å². The summed E-state index contributed by atoms with van der Waals surface area (Å²) in [5.74, 6) is -0.717. The average molecular weight is 551 g/mol. The maximum Gasteiger partial charge on any atom is 0.124 e. The van der Waals surface area contributed by atoms with Crippen LogP contribution in [0.5, 0.6) is 0 Å². The number of benzene rings is 5. The molecule has 2 nitrogen and oxygen atoms in total. The Kier molecular flexibility index (Phi) is 6.20. The number of rotatable bonds is 5. The highest BCUT2D eigenvalue weighted by molar-refractivity contribution is 6.08. The molecule has 0 aliphatic rings. The highest BCUT2D eigenvalue weighted by atomic mass is 19.1. The van der Waals surface area contributed by atoms with Gasteiger partial charge in [-0.05, 0) is 88.5 Å². The van der Waals surface area contributed by atoms with Crippen LogP contribution in [0.3, 0.4) is 0 Å². The number of aromatic amines is 1. The number of hydrogen-bond donors (Lipinski definition) is 1. The molecule has 0 unspecified atom stereocenters. The third-order valence-electron chi connectivity index (χ3n) is 8.14. The maximum absolute atomic E-state index is 15.1. The number of aromatic nitrogens is 2. The van der Waals surface area contributed by atoms with Crippen LogP contribution in [0.2, 0.25) is 0 Å². The molecule has 4 heteroatoms. The number of H-pyrrole nitrogens is 1. The van der Waals surface area contributed by atoms with Crippen LogP contribution in [0.1, 0.15) is 25.1 Å². The molecule has 204 valence electrons. The van der Waals surface area contributed by atoms with E-state index in [-0.39, 0.29) is 11.6 Å². The highest BCUT2D eigenvalue weighted by Gasteiger charge is 2.29. The van der Waals surface area contributed by atoms with Crippen LogP contribution in [0.4, 0.5) is 8.78 Å². The van der Waals surface area contributed by atoms with Crippen LogP contribution >= 0.6 is 0 Å². The molecule has 0 saturated heterocycles. The van der Waals surface area contributed by atoms with Gasteiger partial charge in [0.25, 0.3) is 0 Å². The molecule has 0 atom stereocenters. The minimum Gasteiger partial charge on any atom is -0.354 e. The number of nitrogens with one attached hydrogen (secondary N) is 1. The average Bonchev–Trinajstić information content (AvgIpc) is 3.38. The Bertz CT molecular complexity index is 2020. The van der Waals surface area contributed by atoms with Crippen LogP contribution in [-0.4, -0.2) is 9.97 Å². The van der Waals surface area contributed by atoms with E-state index in [4.69, 9.17) is 4.98 Å². The van der Waals surface area contributed by atoms with Crippen LogP contribution in [0, 0.1) is 11.6 Å². The van der Waals surface area contributed by atoms with Crippen molar-refractivity contribution in [3.63, 3.8) is 0 Å². The Morgan fingerprint density at radius 2 is 1.17 bits per heavy atom. The summed E-state index contributed by atoms with van der Waals surface area (Å²) in [7, 11) is 0. The fourth-order valence-corrected chi connectivity index (χ4v) is 5.88. The summed E-state index contributed by atoms with van der Waals surface area (Å²) in [4.78, 5) is 8.58. The number of nitrogens with zero attached hydrogens (tertiary/aromatic N) is 1. The van der Waals surface area contributed by atoms with Crippen LogP contribution in [0.15, 0.2) is 127 Å². The topological polar surface area (TPSA) is 28.7 Å². The first-order valence-electron chi connectivity index (χ1n) is 14.0. The van der Waals surface area contributed by atoms with Gasteiger partial charge in [-0.3, -0.25) is 4.98 Å². The quantitative estimate of drug-likeness (QED) is 0.227. The lowest BCUT2D eigenvalue weighted by Gasteiger charge is -2.26. The van der Waals surface area contributed by atoms with Crippen LogP contribution < -0.4 is 0 Å². The van der Waals surface area contributed by atoms with Gasteiger partial charge in [-0.1, -0.05) is 80.6 Å². The highest BCUT2D eigenvalue weighted by Crippen LogP contribution is 2.39. The zero-order valence-electron chi connectivity index (χ0n) is 23.3. The second-order valence-electron chi connectivity index (χ2n) is 11.3. The molecule has 7 aromatic rings. The predicted octanol–water partition coefficient (Wildman–Crippen LogP) is 10.3. The molecule has 2 heterocycles. The Hall–Kier alpha value is -5.09. The van der Waals surface area contributed by atoms with Crippen LogP contribution in [0.25, 0.3) is 55.3 Å². The van der Waals surface area contributed by atoms with Crippen molar-refractivity contribution in [2.24, 2.45) is 0 Å². The lowest BCUT2D eigenvalue weighted by Crippen LogP contribution is -2.21. The van der Waals surface area contributed by atoms with E-state index < -0.39 is 5.41 Å². The first-order chi connectivity index (χ1) is 20.4. The monoisotopic (exact) mass is 550 g/mol. The molecule has 0 aliphatic heterocycles. The number of halogens is 2. The second-order valence-corrected chi connectivity index (χ2v) is 11.3. The molecular weight excluding hydrogens is 522 g/mol. The summed E-state index contributed by atoms with van der Waals surface area (Å²) < 4.78 is 29.2. The van der Waals surface area contributed by atoms with Gasteiger partial charge in [0, 0.05) is 27.3 Å². The Morgan fingerprint density at radius 1 is 0.548 bits per heavy atom. The van der Waals surface area contributed by atoms with Gasteiger partial charge in [-0.2, -0.15) is 0 Å². The summed E-state index contributed by atoms with van der Waals surface area (Å²) in [6.07, 6.45) is 0. The van der Waals surface area contributed by atoms with Gasteiger partial charge in [0.15, 0.2) is 0 Å². The van der Waals surface area contributed by atoms with Gasteiger partial charge >= 0.3 is 0 Å². The predicted molar refractivity (Wildman–Crippen MR) is 168 cm³/mol. The van der Waals surface area contributed by atoms with E-state index in [9.17, 15) is 4.39 Å². The fraction of sp³-hybridized carbons (Fsp3) is 0.0789. The summed E-state index contributed by atoms with van der Waals surface area (Å²) >= 11 is 0. The molecule has 0 saturated carbocycles. The minimum absolute atomic E-state index is 0.351. The Balaban J connectivity index is 1.38. The molecule has 5 aromatic carbocycles. The zero-order chi connectivity index (χ0) is 28.8. The Morgan fingerprint density at radius 3 is 1.83 bits per heavy atom. The lowest BCUT2D eigenvalue weighted by molar-refractivity contribution is 0.596. The standard InChI is InChI=1S/C38H28F2N2/c1-38(2,33-23-30(40)22-32-31-21-29(39)16-17-35(31)42-37(32)33)36-15-9-14-34(41-36)28-19-26(24-10-5-3-6-11-24)18-27(20-28)25-12-7-4-8-13-25/h3-23,42H,1-2H3. The van der Waals surface area contributed by atoms with E-state index in [1.165, 1.54) is 18.2 Å². The SMILES string of the molecule is CC(C)(c1cccc(-c2cc(-c3ccccc3)cc(-c3ccccc3)c2)n1)c1cc(F)cc2c1[nH]c1ccc(F)cc12. The summed E-state index contributed by atoms with van der Waals surface area (Å²) in [6, 6.07) is 40.8. The zero-order valence-corrected chi connectivity index (χ0v) is 23.3. The summed E-state index contributed by atoms with van der Waals surface area (Å²) in [5, 5.41) is 1.32. The van der Waals surface area contributed by atoms with E-state index in [1.54, 1.807) is 12.1 Å². The van der Waals surface area contributed by atoms with Crippen molar-refractivity contribution < 1.29 is 8.78 Å². The van der Waals surface area contributed by atoms with Crippen molar-refractivity contribution in [3.8, 4) is 33.5 Å². The third-order valence-corrected chi connectivity index (χ3v) is 8.14. The number of hydrogen-bond acceptors (Lipinski definition) is 1. The second kappa shape index (κ2) is 10.1. The normalized spacial score (nSPS) is 11.8. The van der Waals surface area contributed by atoms with Gasteiger partial charge in [0.1, 0.15) is 11.6 Å². The largest absolute Gasteiger partial charge is 0.354 e. The summed E-state index contributed by atoms with van der Waals surface area (Å²) in [5.41, 5.74) is 8.77. The van der Waals surface area contributed by atoms with E-state index in [0.717, 1.165) is 55.8 Å². The molecule has 1 N–H and O–H groups in total. The van der Waals surface area contributed by atoms with Crippen molar-refractivity contribution in [1.29, 1.82) is 0 Å². The molecule has 0 fully saturated rings. The van der Waals surface area contributed by atoms with Gasteiger partial charge < -0.3 is 4.98 Å². The number of fused-ring (bicyclic) bond motifs is 3. The first kappa shape index (κ1) is 25.8. The summed E-state index contributed by atoms with van der Waals surface area (Å²) in [6.45, 7) is 4.10. The molecule has 0 bridgehead atoms. The van der Waals surface area contributed by atoms with Gasteiger partial charge in [-0.25, -0.2) is 8.78 Å². The van der Waals surface area contributed by atoms with E-state index in [0.29, 0.717) is 10.8 Å². The van der Waals surface area contributed by atoms with Crippen molar-refractivity contribution >= 4 is 21.8 Å². The van der Waals surface area contributed by atoms with Crippen molar-refractivity contribution in [2.75, 3.05) is 0 Å². The maximum atomic E-state index is 15.1. The van der Waals surface area contributed by atoms with E-state index >= 15 is 4.39 Å². The minimum atomic E-state index is -0.658. The molecule has 0 spiro atoms. The molecule has 2 aromatic heterocycles. The van der Waals surface area contributed by atoms with E-state index in [1.807, 2.05) is 54.6 Å².